The number of hydrogen-bond acceptors (Lipinski definition) is 3. The Bertz CT molecular complexity index is 355. The van der Waals surface area contributed by atoms with Crippen LogP contribution >= 0.6 is 0 Å². The van der Waals surface area contributed by atoms with Gasteiger partial charge < -0.3 is 9.47 Å². The molecule has 3 nitrogen and oxygen atoms in total. The molecule has 4 saturated carbocycles. The van der Waals surface area contributed by atoms with Crippen LogP contribution in [0.5, 0.6) is 0 Å². The van der Waals surface area contributed by atoms with Gasteiger partial charge in [0.1, 0.15) is 0 Å². The van der Waals surface area contributed by atoms with Gasteiger partial charge in [0.2, 0.25) is 0 Å². The molecule has 0 spiro atoms. The molecule has 0 aliphatic heterocycles. The highest BCUT2D eigenvalue weighted by Crippen LogP contribution is 2.60. The van der Waals surface area contributed by atoms with Gasteiger partial charge in [0.15, 0.2) is 0 Å². The summed E-state index contributed by atoms with van der Waals surface area (Å²) in [5.41, 5.74) is 0.554. The van der Waals surface area contributed by atoms with Gasteiger partial charge in [-0.05, 0) is 81.5 Å². The fraction of sp³-hybridized carbons (Fsp3) is 0.950. The molecule has 4 rings (SSSR count). The number of carbonyl (C=O) groups is 1. The highest BCUT2D eigenvalue weighted by molar-refractivity contribution is 5.69. The Morgan fingerprint density at radius 2 is 1.57 bits per heavy atom. The maximum atomic E-state index is 11.2. The third kappa shape index (κ3) is 4.71. The molecule has 3 heteroatoms. The van der Waals surface area contributed by atoms with E-state index in [1.165, 1.54) is 44.9 Å². The van der Waals surface area contributed by atoms with E-state index in [2.05, 4.69) is 0 Å². The molecule has 0 radical (unpaired) electrons. The molecule has 0 unspecified atom stereocenters. The van der Waals surface area contributed by atoms with Crippen molar-refractivity contribution in [1.29, 1.82) is 0 Å². The topological polar surface area (TPSA) is 35.5 Å². The summed E-state index contributed by atoms with van der Waals surface area (Å²) in [4.78, 5) is 11.2. The van der Waals surface area contributed by atoms with Crippen LogP contribution in [0.25, 0.3) is 0 Å². The van der Waals surface area contributed by atoms with Crippen LogP contribution in [0.3, 0.4) is 0 Å². The third-order valence-electron chi connectivity index (χ3n) is 6.30. The zero-order valence-corrected chi connectivity index (χ0v) is 14.9. The maximum Gasteiger partial charge on any atom is 0.305 e. The molecule has 23 heavy (non-hydrogen) atoms. The summed E-state index contributed by atoms with van der Waals surface area (Å²) < 4.78 is 11.0. The first-order valence-electron chi connectivity index (χ1n) is 9.92. The molecular weight excluding hydrogens is 288 g/mol. The SMILES string of the molecule is CCOC(=O)CCCCCCOCC12CC3CC(CC(C3)C1)C2. The lowest BCUT2D eigenvalue weighted by atomic mass is 9.50. The summed E-state index contributed by atoms with van der Waals surface area (Å²) in [5.74, 6) is 3.01. The van der Waals surface area contributed by atoms with Gasteiger partial charge in [-0.3, -0.25) is 4.79 Å². The van der Waals surface area contributed by atoms with E-state index in [1.807, 2.05) is 6.92 Å². The summed E-state index contributed by atoms with van der Waals surface area (Å²) in [6.45, 7) is 4.27. The van der Waals surface area contributed by atoms with Crippen molar-refractivity contribution in [1.82, 2.24) is 0 Å². The minimum Gasteiger partial charge on any atom is -0.466 e. The van der Waals surface area contributed by atoms with Gasteiger partial charge in [0.25, 0.3) is 0 Å². The standard InChI is InChI=1S/C20H34O3/c1-2-23-19(21)7-5-3-4-6-8-22-15-20-12-16-9-17(13-20)11-18(10-16)14-20/h16-18H,2-15H2,1H3. The van der Waals surface area contributed by atoms with E-state index >= 15 is 0 Å². The average Bonchev–Trinajstić information content (AvgIpc) is 2.49. The molecule has 0 amide bonds. The van der Waals surface area contributed by atoms with Crippen molar-refractivity contribution < 1.29 is 14.3 Å². The van der Waals surface area contributed by atoms with Crippen LogP contribution in [0.15, 0.2) is 0 Å². The molecule has 0 aromatic carbocycles. The Morgan fingerprint density at radius 3 is 2.17 bits per heavy atom. The lowest BCUT2D eigenvalue weighted by molar-refractivity contribution is -0.143. The van der Waals surface area contributed by atoms with Crippen LogP contribution in [0, 0.1) is 23.2 Å². The van der Waals surface area contributed by atoms with Crippen molar-refractivity contribution in [2.24, 2.45) is 23.2 Å². The molecule has 4 aliphatic rings. The van der Waals surface area contributed by atoms with Crippen LogP contribution in [0.4, 0.5) is 0 Å². The van der Waals surface area contributed by atoms with Crippen molar-refractivity contribution in [3.8, 4) is 0 Å². The second kappa shape index (κ2) is 8.00. The summed E-state index contributed by atoms with van der Waals surface area (Å²) in [5, 5.41) is 0. The van der Waals surface area contributed by atoms with Gasteiger partial charge in [-0.1, -0.05) is 12.8 Å². The normalized spacial score (nSPS) is 34.7. The van der Waals surface area contributed by atoms with Crippen molar-refractivity contribution >= 4 is 5.97 Å². The Labute approximate surface area is 141 Å². The number of ether oxygens (including phenoxy) is 2. The Hall–Kier alpha value is -0.570. The van der Waals surface area contributed by atoms with Gasteiger partial charge in [0, 0.05) is 13.0 Å². The summed E-state index contributed by atoms with van der Waals surface area (Å²) in [7, 11) is 0. The number of rotatable bonds is 10. The summed E-state index contributed by atoms with van der Waals surface area (Å²) in [6.07, 6.45) is 13.8. The fourth-order valence-electron chi connectivity index (χ4n) is 5.82. The highest BCUT2D eigenvalue weighted by Gasteiger charge is 2.50. The minimum absolute atomic E-state index is 0.0504. The molecule has 4 bridgehead atoms. The summed E-state index contributed by atoms with van der Waals surface area (Å²) in [6, 6.07) is 0. The van der Waals surface area contributed by atoms with Crippen molar-refractivity contribution in [2.75, 3.05) is 19.8 Å². The van der Waals surface area contributed by atoms with E-state index in [4.69, 9.17) is 9.47 Å². The van der Waals surface area contributed by atoms with Gasteiger partial charge in [-0.2, -0.15) is 0 Å². The molecule has 132 valence electrons. The summed E-state index contributed by atoms with van der Waals surface area (Å²) >= 11 is 0. The van der Waals surface area contributed by atoms with E-state index in [1.54, 1.807) is 0 Å². The van der Waals surface area contributed by atoms with E-state index in [0.29, 0.717) is 18.4 Å². The lowest BCUT2D eigenvalue weighted by Crippen LogP contribution is -2.48. The van der Waals surface area contributed by atoms with Gasteiger partial charge in [-0.15, -0.1) is 0 Å². The van der Waals surface area contributed by atoms with Crippen molar-refractivity contribution in [3.05, 3.63) is 0 Å². The minimum atomic E-state index is -0.0504. The zero-order valence-electron chi connectivity index (χ0n) is 14.9. The number of carbonyl (C=O) groups excluding carboxylic acids is 1. The van der Waals surface area contributed by atoms with Crippen molar-refractivity contribution in [2.45, 2.75) is 77.6 Å². The predicted molar refractivity (Wildman–Crippen MR) is 91.1 cm³/mol. The fourth-order valence-corrected chi connectivity index (χ4v) is 5.82. The Morgan fingerprint density at radius 1 is 0.957 bits per heavy atom. The van der Waals surface area contributed by atoms with Crippen LogP contribution < -0.4 is 0 Å². The molecule has 4 aliphatic carbocycles. The first-order chi connectivity index (χ1) is 11.2. The maximum absolute atomic E-state index is 11.2. The van der Waals surface area contributed by atoms with E-state index in [9.17, 15) is 4.79 Å². The largest absolute Gasteiger partial charge is 0.466 e. The number of hydrogen-bond donors (Lipinski definition) is 0. The molecule has 0 N–H and O–H groups in total. The molecule has 0 aromatic heterocycles. The Balaban J connectivity index is 1.23. The van der Waals surface area contributed by atoms with E-state index in [0.717, 1.165) is 50.2 Å². The average molecular weight is 322 g/mol. The number of unbranched alkanes of at least 4 members (excludes halogenated alkanes) is 3. The lowest BCUT2D eigenvalue weighted by Gasteiger charge is -2.56. The molecule has 0 heterocycles. The van der Waals surface area contributed by atoms with Crippen molar-refractivity contribution in [3.63, 3.8) is 0 Å². The number of esters is 1. The first kappa shape index (κ1) is 17.3. The zero-order chi connectivity index (χ0) is 16.1. The molecule has 0 atom stereocenters. The van der Waals surface area contributed by atoms with Gasteiger partial charge >= 0.3 is 5.97 Å². The molecular formula is C20H34O3. The second-order valence-electron chi connectivity index (χ2n) is 8.44. The van der Waals surface area contributed by atoms with Crippen LogP contribution in [0.1, 0.15) is 77.6 Å². The predicted octanol–water partition coefficient (Wildman–Crippen LogP) is 4.73. The smallest absolute Gasteiger partial charge is 0.305 e. The monoisotopic (exact) mass is 322 g/mol. The molecule has 0 saturated heterocycles. The van der Waals surface area contributed by atoms with Crippen LogP contribution in [-0.4, -0.2) is 25.8 Å². The van der Waals surface area contributed by atoms with E-state index in [-0.39, 0.29) is 5.97 Å². The second-order valence-corrected chi connectivity index (χ2v) is 8.44. The van der Waals surface area contributed by atoms with Crippen LogP contribution in [-0.2, 0) is 14.3 Å². The Kier molecular flexibility index (Phi) is 6.01. The third-order valence-corrected chi connectivity index (χ3v) is 6.30. The molecule has 0 aromatic rings. The van der Waals surface area contributed by atoms with Gasteiger partial charge in [-0.25, -0.2) is 0 Å². The van der Waals surface area contributed by atoms with Gasteiger partial charge in [0.05, 0.1) is 13.2 Å². The first-order valence-corrected chi connectivity index (χ1v) is 9.92. The molecule has 4 fully saturated rings. The van der Waals surface area contributed by atoms with E-state index < -0.39 is 0 Å². The quantitative estimate of drug-likeness (QED) is 0.431. The van der Waals surface area contributed by atoms with Crippen LogP contribution in [0.2, 0.25) is 0 Å². The highest BCUT2D eigenvalue weighted by atomic mass is 16.5.